The van der Waals surface area contributed by atoms with Gasteiger partial charge in [0.1, 0.15) is 11.5 Å². The van der Waals surface area contributed by atoms with Crippen molar-refractivity contribution in [1.82, 2.24) is 24.9 Å². The van der Waals surface area contributed by atoms with Crippen LogP contribution in [0.1, 0.15) is 128 Å². The van der Waals surface area contributed by atoms with Gasteiger partial charge in [-0.3, -0.25) is 34.1 Å². The van der Waals surface area contributed by atoms with Gasteiger partial charge in [0, 0.05) is 134 Å². The predicted octanol–water partition coefficient (Wildman–Crippen LogP) is 30.6. The number of aromatic nitrogens is 5. The number of aliphatic hydroxyl groups excluding tert-OH is 4. The number of para-hydroxylation sites is 1. The molecule has 0 aliphatic carbocycles. The van der Waals surface area contributed by atoms with E-state index in [0.717, 1.165) is 94.8 Å². The van der Waals surface area contributed by atoms with Crippen LogP contribution in [0.5, 0.6) is 0 Å². The zero-order chi connectivity index (χ0) is 97.3. The number of ketones is 4. The first-order chi connectivity index (χ1) is 63.8. The van der Waals surface area contributed by atoms with Gasteiger partial charge in [-0.2, -0.15) is 0 Å². The number of hydrogen-bond acceptors (Lipinski definition) is 13. The second kappa shape index (κ2) is 56.1. The molecule has 0 fully saturated rings. The minimum Gasteiger partial charge on any atom is -0.512 e. The van der Waals surface area contributed by atoms with E-state index in [1.165, 1.54) is 149 Å². The van der Waals surface area contributed by atoms with E-state index < -0.39 is 0 Å². The molecule has 0 spiro atoms. The normalized spacial score (nSPS) is 10.9. The first-order valence-corrected chi connectivity index (χ1v) is 44.4. The Morgan fingerprint density at radius 3 is 1.11 bits per heavy atom. The van der Waals surface area contributed by atoms with Crippen LogP contribution in [-0.4, -0.2) is 68.5 Å². The molecule has 0 atom stereocenters. The molecule has 716 valence electrons. The van der Waals surface area contributed by atoms with Crippen LogP contribution in [0.15, 0.2) is 357 Å². The maximum Gasteiger partial charge on any atom is 0.155 e. The van der Waals surface area contributed by atoms with Gasteiger partial charge in [-0.15, -0.1) is 141 Å². The molecule has 0 aliphatic heterocycles. The molecule has 5 aromatic heterocycles. The molecule has 0 saturated carbocycles. The molecular formula is C121H119Ir4N5O8-4. The third kappa shape index (κ3) is 35.9. The van der Waals surface area contributed by atoms with Crippen LogP contribution < -0.4 is 0 Å². The smallest absolute Gasteiger partial charge is 0.155 e. The summed E-state index contributed by atoms with van der Waals surface area (Å²) in [6.45, 7) is 36.5. The van der Waals surface area contributed by atoms with Crippen molar-refractivity contribution in [2.75, 3.05) is 0 Å². The molecule has 4 N–H and O–H groups in total. The minimum atomic E-state index is -0.314. The fraction of sp³-hybridized carbons (Fsp3) is 0.182. The summed E-state index contributed by atoms with van der Waals surface area (Å²) in [5.41, 5.74) is 34.1. The zero-order valence-corrected chi connectivity index (χ0v) is 91.3. The van der Waals surface area contributed by atoms with Gasteiger partial charge in [0.2, 0.25) is 0 Å². The SMILES string of the molecule is CC(=O)C=C(C)O.CC(=O)C=C(C)O.CC(=O)C=C(O)C(C)(C)C.CC(=O)C=C(O)C(C)(C)C.Cc1[c-]c(-c2nc3cccnc3cc2C)cc(-c2ccccc2)c1.Cc1[c-]c(-c2ncc(C)cc2C)cc(-c2ccccc2)c1.Cc1cccc(C)c1-c1cccnc1-c1[c-]ccc(-c2ccccc2)c1.Cc1ccccc1-c1cc2ccccc2nc1-c1[c-]ccc(-c2ccccc2)c1.[Ir].[Ir].[Ir].[Ir]. The molecule has 0 saturated heterocycles. The summed E-state index contributed by atoms with van der Waals surface area (Å²) in [6.07, 6.45) is 10.4. The summed E-state index contributed by atoms with van der Waals surface area (Å²) in [6, 6.07) is 114. The van der Waals surface area contributed by atoms with Crippen molar-refractivity contribution in [3.8, 4) is 112 Å². The fourth-order valence-electron chi connectivity index (χ4n) is 14.3. The predicted molar refractivity (Wildman–Crippen MR) is 553 cm³/mol. The van der Waals surface area contributed by atoms with Crippen LogP contribution in [0.25, 0.3) is 134 Å². The molecule has 0 aliphatic rings. The van der Waals surface area contributed by atoms with E-state index in [-0.39, 0.29) is 137 Å². The Labute approximate surface area is 869 Å². The number of allylic oxidation sites excluding steroid dienone is 8. The molecule has 13 nitrogen and oxygen atoms in total. The second-order valence-electron chi connectivity index (χ2n) is 34.9. The Bertz CT molecular complexity index is 6790. The van der Waals surface area contributed by atoms with E-state index in [0.29, 0.717) is 0 Å². The Balaban J connectivity index is 0.000000290. The third-order valence-corrected chi connectivity index (χ3v) is 20.8. The van der Waals surface area contributed by atoms with Crippen molar-refractivity contribution in [3.05, 3.63) is 426 Å². The van der Waals surface area contributed by atoms with E-state index in [1.54, 1.807) is 6.20 Å². The Morgan fingerprint density at radius 1 is 0.297 bits per heavy atom. The fourth-order valence-corrected chi connectivity index (χ4v) is 14.3. The van der Waals surface area contributed by atoms with Crippen LogP contribution in [0.3, 0.4) is 0 Å². The van der Waals surface area contributed by atoms with Gasteiger partial charge < -0.3 is 30.4 Å². The van der Waals surface area contributed by atoms with Gasteiger partial charge in [-0.1, -0.05) is 267 Å². The van der Waals surface area contributed by atoms with E-state index in [1.807, 2.05) is 115 Å². The number of carbonyl (C=O) groups is 4. The summed E-state index contributed by atoms with van der Waals surface area (Å²) in [5, 5.41) is 36.3. The maximum absolute atomic E-state index is 10.5. The van der Waals surface area contributed by atoms with Crippen LogP contribution >= 0.6 is 0 Å². The van der Waals surface area contributed by atoms with E-state index in [2.05, 4.69) is 320 Å². The number of fused-ring (bicyclic) bond motifs is 2. The molecular weight excluding hydrogens is 2420 g/mol. The molecule has 16 aromatic rings. The van der Waals surface area contributed by atoms with Crippen molar-refractivity contribution >= 4 is 45.1 Å². The van der Waals surface area contributed by atoms with Gasteiger partial charge in [0.05, 0.1) is 28.1 Å². The molecule has 4 radical (unpaired) electrons. The molecule has 17 heteroatoms. The summed E-state index contributed by atoms with van der Waals surface area (Å²) >= 11 is 0. The Hall–Kier alpha value is -12.9. The average Bonchev–Trinajstić information content (AvgIpc) is 0.779. The molecule has 138 heavy (non-hydrogen) atoms. The van der Waals surface area contributed by atoms with Crippen molar-refractivity contribution in [1.29, 1.82) is 0 Å². The maximum atomic E-state index is 10.5. The molecule has 0 unspecified atom stereocenters. The van der Waals surface area contributed by atoms with Crippen molar-refractivity contribution in [2.45, 2.75) is 138 Å². The summed E-state index contributed by atoms with van der Waals surface area (Å²) in [4.78, 5) is 64.5. The zero-order valence-electron chi connectivity index (χ0n) is 81.7. The summed E-state index contributed by atoms with van der Waals surface area (Å²) < 4.78 is 0. The van der Waals surface area contributed by atoms with Gasteiger partial charge in [0.15, 0.2) is 23.1 Å². The number of benzene rings is 11. The number of carbonyl (C=O) groups excluding carboxylic acids is 4. The van der Waals surface area contributed by atoms with E-state index >= 15 is 0 Å². The van der Waals surface area contributed by atoms with Gasteiger partial charge in [-0.05, 0) is 208 Å². The van der Waals surface area contributed by atoms with Crippen LogP contribution in [0.4, 0.5) is 0 Å². The molecule has 0 amide bonds. The minimum absolute atomic E-state index is 0. The molecule has 16 rings (SSSR count). The van der Waals surface area contributed by atoms with Crippen molar-refractivity contribution in [3.63, 3.8) is 0 Å². The van der Waals surface area contributed by atoms with Crippen molar-refractivity contribution in [2.24, 2.45) is 10.8 Å². The van der Waals surface area contributed by atoms with E-state index in [4.69, 9.17) is 25.2 Å². The second-order valence-corrected chi connectivity index (χ2v) is 34.9. The van der Waals surface area contributed by atoms with Crippen LogP contribution in [-0.2, 0) is 99.6 Å². The van der Waals surface area contributed by atoms with Crippen LogP contribution in [0, 0.1) is 90.5 Å². The number of aliphatic hydroxyl groups is 4. The Kier molecular flexibility index (Phi) is 47.0. The van der Waals surface area contributed by atoms with Gasteiger partial charge >= 0.3 is 0 Å². The summed E-state index contributed by atoms with van der Waals surface area (Å²) in [7, 11) is 0. The number of rotatable bonds is 14. The quantitative estimate of drug-likeness (QED) is 0.0454. The Morgan fingerprint density at radius 2 is 0.674 bits per heavy atom. The number of pyridine rings is 5. The monoisotopic (exact) mass is 2540 g/mol. The number of nitrogens with zero attached hydrogens (tertiary/aromatic N) is 5. The largest absolute Gasteiger partial charge is 0.512 e. The first-order valence-electron chi connectivity index (χ1n) is 44.4. The van der Waals surface area contributed by atoms with Gasteiger partial charge in [0.25, 0.3) is 0 Å². The standard InChI is InChI=1S/C28H20N.C25H20N.C22H17N2.C20H18N.2C8H14O2.2C5H8O2.4Ir/c1-20-10-5-7-16-25(20)26-19-23-13-6-8-17-27(23)29-28(26)24-15-9-14-22(18-24)21-11-3-2-4-12-21;1-18-9-6-10-19(2)24(18)23-15-8-16-26-25(23)22-14-7-13-21(17-22)20-11-4-3-5-12-20;1-15-11-18(17-7-4-3-5-8-17)14-19(12-15)22-16(2)13-21-20(24-22)9-6-10-23-21;1-14-10-18(17-7-5-4-6-8-17)12-19(11-14)20-16(3)9-15(2)13-21-20;2*1-6(9)5-7(10)8(2,3)4;2*1-4(6)3-5(2)7;;;;/h2-14,16-19H,1H3;3-13,15-17H,1-2H3;3-11,13-14H,1-2H3;4-10,12-13H,1-3H3;2*5,10H,1-4H3;2*3,6H,1-2H3;;;;/q4*-1;;;;;;;;. The van der Waals surface area contributed by atoms with E-state index in [9.17, 15) is 29.4 Å². The molecule has 5 heterocycles. The van der Waals surface area contributed by atoms with Crippen molar-refractivity contribution < 1.29 is 120 Å². The first kappa shape index (κ1) is 116. The topological polar surface area (TPSA) is 214 Å². The number of aryl methyl sites for hydroxylation is 8. The molecule has 11 aromatic carbocycles. The third-order valence-electron chi connectivity index (χ3n) is 20.8. The average molecular weight is 2540 g/mol. The van der Waals surface area contributed by atoms with Crippen LogP contribution in [0.2, 0.25) is 0 Å². The molecule has 0 bridgehead atoms. The summed E-state index contributed by atoms with van der Waals surface area (Å²) in [5.74, 6) is -0.0835. The van der Waals surface area contributed by atoms with Gasteiger partial charge in [-0.25, -0.2) is 0 Å². The number of hydrogen-bond donors (Lipinski definition) is 4.